The number of amides is 2. The number of carbonyl (C=O) groups excluding carboxylic acids is 3. The first-order chi connectivity index (χ1) is 29.1. The molecular weight excluding hydrogens is 813 g/mol. The molecule has 0 saturated carbocycles. The number of nitrogens with zero attached hydrogens (tertiary/aromatic N) is 1. The summed E-state index contributed by atoms with van der Waals surface area (Å²) in [6, 6.07) is 22.2. The smallest absolute Gasteiger partial charge is 0.364 e. The van der Waals surface area contributed by atoms with Crippen molar-refractivity contribution in [2.75, 3.05) is 38.8 Å². The third-order valence-corrected chi connectivity index (χ3v) is 11.9. The monoisotopic (exact) mass is 866 g/mol. The zero-order chi connectivity index (χ0) is 44.3. The predicted molar refractivity (Wildman–Crippen MR) is 225 cm³/mol. The van der Waals surface area contributed by atoms with Gasteiger partial charge in [0.05, 0.1) is 30.6 Å². The van der Waals surface area contributed by atoms with E-state index in [4.69, 9.17) is 14.2 Å². The fraction of sp³-hybridized carbons (Fsp3) is 0.442. The molecule has 1 aliphatic rings. The van der Waals surface area contributed by atoms with Crippen LogP contribution in [0.5, 0.6) is 0 Å². The van der Waals surface area contributed by atoms with Crippen molar-refractivity contribution in [3.05, 3.63) is 84.4 Å². The van der Waals surface area contributed by atoms with Gasteiger partial charge in [-0.3, -0.25) is 14.4 Å². The highest BCUT2D eigenvalue weighted by Crippen LogP contribution is 2.36. The second-order valence-corrected chi connectivity index (χ2v) is 16.9. The number of rotatable bonds is 21. The van der Waals surface area contributed by atoms with Crippen LogP contribution < -0.4 is 20.3 Å². The van der Waals surface area contributed by atoms with E-state index in [1.165, 1.54) is 6.07 Å². The first kappa shape index (κ1) is 46.8. The highest BCUT2D eigenvalue weighted by Gasteiger charge is 2.57. The summed E-state index contributed by atoms with van der Waals surface area (Å²) in [6.07, 6.45) is -5.77. The van der Waals surface area contributed by atoms with Gasteiger partial charge in [-0.1, -0.05) is 79.6 Å². The average molecular weight is 867 g/mol. The van der Waals surface area contributed by atoms with Gasteiger partial charge in [0, 0.05) is 50.4 Å². The molecule has 1 aliphatic heterocycles. The number of anilines is 1. The minimum atomic E-state index is -4.33. The number of ether oxygens (including phenoxy) is 3. The molecule has 0 aromatic heterocycles. The Balaban J connectivity index is 1.22. The van der Waals surface area contributed by atoms with Crippen LogP contribution in [0.2, 0.25) is 0 Å². The average Bonchev–Trinajstić information content (AvgIpc) is 3.24. The minimum Gasteiger partial charge on any atom is -0.477 e. The molecule has 1 unspecified atom stereocenters. The molecule has 18 heteroatoms. The summed E-state index contributed by atoms with van der Waals surface area (Å²) < 4.78 is 46.5. The lowest BCUT2D eigenvalue weighted by molar-refractivity contribution is -0.312. The largest absolute Gasteiger partial charge is 0.477 e. The van der Waals surface area contributed by atoms with E-state index in [1.54, 1.807) is 24.3 Å². The number of aliphatic carboxylic acids is 1. The normalized spacial score (nSPS) is 20.1. The van der Waals surface area contributed by atoms with Crippen molar-refractivity contribution in [2.45, 2.75) is 93.1 Å². The Bertz CT molecular complexity index is 2290. The summed E-state index contributed by atoms with van der Waals surface area (Å²) >= 11 is 0. The van der Waals surface area contributed by atoms with Crippen molar-refractivity contribution < 1.29 is 62.2 Å². The SMILES string of the molecule is CC(=O)N[C@H]1[C@H]([C@H](O)[C@H](O)CO)OC(OCCCCCCC(=O)NCc2cccc3ccccc23)(C(=O)O)C[C@@H]1OC(=O)CNS(=O)(=O)c1cccc2c(N(C)C)cccc12. The maximum Gasteiger partial charge on any atom is 0.364 e. The summed E-state index contributed by atoms with van der Waals surface area (Å²) in [7, 11) is -0.702. The Morgan fingerprint density at radius 3 is 2.30 bits per heavy atom. The lowest BCUT2D eigenvalue weighted by atomic mass is 9.88. The Morgan fingerprint density at radius 1 is 0.902 bits per heavy atom. The van der Waals surface area contributed by atoms with Gasteiger partial charge in [0.15, 0.2) is 0 Å². The van der Waals surface area contributed by atoms with Gasteiger partial charge in [-0.15, -0.1) is 0 Å². The van der Waals surface area contributed by atoms with E-state index in [1.807, 2.05) is 67.5 Å². The third kappa shape index (κ3) is 11.8. The van der Waals surface area contributed by atoms with Crippen LogP contribution in [0.3, 0.4) is 0 Å². The van der Waals surface area contributed by atoms with Crippen LogP contribution in [0.25, 0.3) is 21.5 Å². The highest BCUT2D eigenvalue weighted by molar-refractivity contribution is 7.89. The summed E-state index contributed by atoms with van der Waals surface area (Å²) in [5.74, 6) is -6.26. The quantitative estimate of drug-likeness (QED) is 0.0469. The summed E-state index contributed by atoms with van der Waals surface area (Å²) in [4.78, 5) is 52.9. The first-order valence-corrected chi connectivity index (χ1v) is 21.5. The van der Waals surface area contributed by atoms with Gasteiger partial charge in [0.2, 0.25) is 21.8 Å². The van der Waals surface area contributed by atoms with E-state index < -0.39 is 83.7 Å². The van der Waals surface area contributed by atoms with Crippen molar-refractivity contribution in [2.24, 2.45) is 0 Å². The van der Waals surface area contributed by atoms with Gasteiger partial charge < -0.3 is 50.2 Å². The zero-order valence-corrected chi connectivity index (χ0v) is 35.1. The number of fused-ring (bicyclic) bond motifs is 2. The van der Waals surface area contributed by atoms with Crippen LogP contribution in [-0.4, -0.2) is 123 Å². The third-order valence-electron chi connectivity index (χ3n) is 10.5. The maximum absolute atomic E-state index is 13.5. The lowest BCUT2D eigenvalue weighted by Crippen LogP contribution is -2.68. The molecule has 1 saturated heterocycles. The summed E-state index contributed by atoms with van der Waals surface area (Å²) in [6.45, 7) is -0.600. The van der Waals surface area contributed by atoms with Crippen LogP contribution in [-0.2, 0) is 50.0 Å². The molecule has 7 N–H and O–H groups in total. The van der Waals surface area contributed by atoms with Crippen molar-refractivity contribution in [3.63, 3.8) is 0 Å². The standard InChI is InChI=1S/C43H54N4O13S/c1-27(49)46-39-35(59-38(52)25-45-61(56,57)36-20-12-17-31-32(36)18-11-19-33(31)47(2)3)23-43(42(54)55,60-41(39)40(53)34(50)26-48)58-22-9-5-4-6-21-37(51)44-24-29-15-10-14-28-13-7-8-16-30(28)29/h7-8,10-20,34-35,39-41,45,48,50,53H,4-6,9,21-26H2,1-3H3,(H,44,51)(H,46,49)(H,54,55)/t34-,35+,39-,40-,41-,43?/m1/s1. The second kappa shape index (κ2) is 21.0. The van der Waals surface area contributed by atoms with Gasteiger partial charge in [-0.05, 0) is 41.3 Å². The number of unbranched alkanes of at least 4 members (excludes halogenated alkanes) is 3. The molecule has 1 heterocycles. The van der Waals surface area contributed by atoms with Gasteiger partial charge >= 0.3 is 11.9 Å². The number of nitrogens with one attached hydrogen (secondary N) is 3. The predicted octanol–water partition coefficient (Wildman–Crippen LogP) is 2.32. The topological polar surface area (TPSA) is 250 Å². The molecule has 6 atom stereocenters. The zero-order valence-electron chi connectivity index (χ0n) is 34.3. The molecule has 0 spiro atoms. The van der Waals surface area contributed by atoms with Crippen molar-refractivity contribution in [3.8, 4) is 0 Å². The number of hydrogen-bond acceptors (Lipinski definition) is 13. The number of sulfonamides is 1. The first-order valence-electron chi connectivity index (χ1n) is 20.0. The van der Waals surface area contributed by atoms with Crippen LogP contribution in [0.1, 0.15) is 51.0 Å². The molecule has 1 fully saturated rings. The fourth-order valence-electron chi connectivity index (χ4n) is 7.41. The second-order valence-electron chi connectivity index (χ2n) is 15.1. The molecular formula is C43H54N4O13S. The number of hydrogen-bond donors (Lipinski definition) is 7. The number of carboxylic acids is 1. The molecule has 0 bridgehead atoms. The Kier molecular flexibility index (Phi) is 16.2. The molecule has 0 aliphatic carbocycles. The molecule has 5 rings (SSSR count). The lowest BCUT2D eigenvalue weighted by Gasteiger charge is -2.47. The number of benzene rings is 4. The number of carbonyl (C=O) groups is 4. The van der Waals surface area contributed by atoms with Gasteiger partial charge in [0.1, 0.15) is 31.0 Å². The molecule has 4 aromatic carbocycles. The summed E-state index contributed by atoms with van der Waals surface area (Å²) in [5.41, 5.74) is 1.76. The van der Waals surface area contributed by atoms with E-state index in [0.29, 0.717) is 43.0 Å². The highest BCUT2D eigenvalue weighted by atomic mass is 32.2. The Labute approximate surface area is 354 Å². The van der Waals surface area contributed by atoms with E-state index in [2.05, 4.69) is 15.4 Å². The van der Waals surface area contributed by atoms with Crippen LogP contribution in [0, 0.1) is 0 Å². The number of esters is 1. The van der Waals surface area contributed by atoms with Crippen molar-refractivity contribution >= 4 is 61.0 Å². The Morgan fingerprint density at radius 2 is 1.57 bits per heavy atom. The molecule has 4 aromatic rings. The van der Waals surface area contributed by atoms with Crippen LogP contribution >= 0.6 is 0 Å². The number of aliphatic hydroxyl groups excluding tert-OH is 3. The van der Waals surface area contributed by atoms with Crippen LogP contribution in [0.4, 0.5) is 5.69 Å². The number of carboxylic acid groups (broad SMARTS) is 1. The van der Waals surface area contributed by atoms with E-state index in [0.717, 1.165) is 28.9 Å². The number of aliphatic hydroxyl groups is 3. The van der Waals surface area contributed by atoms with E-state index in [9.17, 15) is 48.0 Å². The fourth-order valence-corrected chi connectivity index (χ4v) is 8.60. The molecule has 61 heavy (non-hydrogen) atoms. The minimum absolute atomic E-state index is 0.108. The van der Waals surface area contributed by atoms with E-state index >= 15 is 0 Å². The van der Waals surface area contributed by atoms with Gasteiger partial charge in [0.25, 0.3) is 5.79 Å². The molecule has 17 nitrogen and oxygen atoms in total. The molecule has 330 valence electrons. The Hall–Kier alpha value is -5.21. The maximum atomic E-state index is 13.5. The van der Waals surface area contributed by atoms with Gasteiger partial charge in [-0.25, -0.2) is 13.2 Å². The van der Waals surface area contributed by atoms with Crippen molar-refractivity contribution in [1.82, 2.24) is 15.4 Å². The molecule has 2 amide bonds. The van der Waals surface area contributed by atoms with Crippen molar-refractivity contribution in [1.29, 1.82) is 0 Å². The van der Waals surface area contributed by atoms with Crippen LogP contribution in [0.15, 0.2) is 83.8 Å². The summed E-state index contributed by atoms with van der Waals surface area (Å²) in [5, 5.41) is 50.1. The van der Waals surface area contributed by atoms with Gasteiger partial charge in [-0.2, -0.15) is 4.72 Å². The van der Waals surface area contributed by atoms with E-state index in [-0.39, 0.29) is 23.8 Å². The molecule has 0 radical (unpaired) electrons.